The van der Waals surface area contributed by atoms with Crippen molar-refractivity contribution in [1.29, 1.82) is 0 Å². The maximum atomic E-state index is 13.0. The number of sulfone groups is 1. The standard InChI is InChI=1S/C20H19NO5S2/c1-14-13-18(21-28(25,26)17-11-7-4-8-12-17)15(2)20(19(14)22)27(23,24)16-9-5-3-6-10-16/h3-13,21-22H,1-2H3/p-1. The van der Waals surface area contributed by atoms with E-state index < -0.39 is 30.5 Å². The van der Waals surface area contributed by atoms with E-state index in [1.165, 1.54) is 44.2 Å². The van der Waals surface area contributed by atoms with Gasteiger partial charge in [0.2, 0.25) is 9.84 Å². The van der Waals surface area contributed by atoms with Gasteiger partial charge in [-0.1, -0.05) is 47.7 Å². The quantitative estimate of drug-likeness (QED) is 0.689. The van der Waals surface area contributed by atoms with Gasteiger partial charge in [0.05, 0.1) is 20.4 Å². The second kappa shape index (κ2) is 7.29. The van der Waals surface area contributed by atoms with Crippen molar-refractivity contribution in [1.82, 2.24) is 0 Å². The van der Waals surface area contributed by atoms with Crippen LogP contribution in [0.5, 0.6) is 5.75 Å². The van der Waals surface area contributed by atoms with Gasteiger partial charge >= 0.3 is 0 Å². The predicted octanol–water partition coefficient (Wildman–Crippen LogP) is 3.01. The average molecular weight is 417 g/mol. The van der Waals surface area contributed by atoms with Crippen LogP contribution in [-0.2, 0) is 19.9 Å². The van der Waals surface area contributed by atoms with Gasteiger partial charge in [-0.05, 0) is 49.7 Å². The zero-order valence-electron chi connectivity index (χ0n) is 15.2. The van der Waals surface area contributed by atoms with Gasteiger partial charge in [0.15, 0.2) is 0 Å². The molecule has 0 aliphatic heterocycles. The van der Waals surface area contributed by atoms with E-state index in [4.69, 9.17) is 0 Å². The Morgan fingerprint density at radius 1 is 0.786 bits per heavy atom. The molecule has 0 spiro atoms. The van der Waals surface area contributed by atoms with Crippen LogP contribution in [0.25, 0.3) is 0 Å². The van der Waals surface area contributed by atoms with Gasteiger partial charge in [0, 0.05) is 0 Å². The monoisotopic (exact) mass is 416 g/mol. The van der Waals surface area contributed by atoms with Gasteiger partial charge in [-0.3, -0.25) is 4.72 Å². The Balaban J connectivity index is 2.17. The molecule has 0 aliphatic rings. The van der Waals surface area contributed by atoms with E-state index in [1.54, 1.807) is 36.4 Å². The Hall–Kier alpha value is -2.84. The molecule has 0 unspecified atom stereocenters. The lowest BCUT2D eigenvalue weighted by atomic mass is 10.1. The molecule has 0 amide bonds. The van der Waals surface area contributed by atoms with E-state index in [0.717, 1.165) is 0 Å². The third kappa shape index (κ3) is 3.61. The summed E-state index contributed by atoms with van der Waals surface area (Å²) in [7, 11) is -8.05. The molecule has 3 aromatic rings. The first-order valence-electron chi connectivity index (χ1n) is 8.34. The number of sulfonamides is 1. The summed E-state index contributed by atoms with van der Waals surface area (Å²) in [6.07, 6.45) is 0. The summed E-state index contributed by atoms with van der Waals surface area (Å²) >= 11 is 0. The Morgan fingerprint density at radius 2 is 1.29 bits per heavy atom. The number of hydrogen-bond donors (Lipinski definition) is 1. The maximum absolute atomic E-state index is 13.0. The van der Waals surface area contributed by atoms with Crippen molar-refractivity contribution < 1.29 is 21.9 Å². The first-order chi connectivity index (χ1) is 13.1. The minimum absolute atomic E-state index is 0.0299. The van der Waals surface area contributed by atoms with E-state index in [-0.39, 0.29) is 26.6 Å². The Bertz CT molecular complexity index is 1220. The highest BCUT2D eigenvalue weighted by Gasteiger charge is 2.25. The summed E-state index contributed by atoms with van der Waals surface area (Å²) in [5.74, 6) is -0.649. The normalized spacial score (nSPS) is 11.9. The third-order valence-corrected chi connectivity index (χ3v) is 7.59. The Morgan fingerprint density at radius 3 is 1.82 bits per heavy atom. The number of rotatable bonds is 5. The van der Waals surface area contributed by atoms with Gasteiger partial charge in [0.1, 0.15) is 0 Å². The van der Waals surface area contributed by atoms with Gasteiger partial charge in [0.25, 0.3) is 10.0 Å². The lowest BCUT2D eigenvalue weighted by Crippen LogP contribution is -2.17. The van der Waals surface area contributed by atoms with Crippen LogP contribution in [0.3, 0.4) is 0 Å². The SMILES string of the molecule is Cc1cc(NS(=O)(=O)c2ccccc2)c(C)c(S(=O)(=O)c2ccccc2)c1[O-]. The van der Waals surface area contributed by atoms with Crippen molar-refractivity contribution in [2.24, 2.45) is 0 Å². The van der Waals surface area contributed by atoms with E-state index >= 15 is 0 Å². The van der Waals surface area contributed by atoms with Crippen LogP contribution >= 0.6 is 0 Å². The molecular weight excluding hydrogens is 398 g/mol. The van der Waals surface area contributed by atoms with Crippen LogP contribution in [0.4, 0.5) is 5.69 Å². The minimum Gasteiger partial charge on any atom is -0.871 e. The van der Waals surface area contributed by atoms with E-state index in [2.05, 4.69) is 4.72 Å². The first-order valence-corrected chi connectivity index (χ1v) is 11.3. The van der Waals surface area contributed by atoms with Crippen LogP contribution in [0.1, 0.15) is 11.1 Å². The predicted molar refractivity (Wildman–Crippen MR) is 105 cm³/mol. The number of nitrogens with one attached hydrogen (secondary N) is 1. The van der Waals surface area contributed by atoms with Crippen LogP contribution < -0.4 is 9.83 Å². The molecule has 0 radical (unpaired) electrons. The third-order valence-electron chi connectivity index (χ3n) is 4.29. The highest BCUT2D eigenvalue weighted by Crippen LogP contribution is 2.37. The van der Waals surface area contributed by atoms with E-state index in [9.17, 15) is 21.9 Å². The number of benzene rings is 3. The second-order valence-electron chi connectivity index (χ2n) is 6.26. The highest BCUT2D eigenvalue weighted by atomic mass is 32.2. The highest BCUT2D eigenvalue weighted by molar-refractivity contribution is 7.93. The fourth-order valence-corrected chi connectivity index (χ4v) is 5.62. The first kappa shape index (κ1) is 19.9. The summed E-state index contributed by atoms with van der Waals surface area (Å²) in [4.78, 5) is -0.423. The number of hydrogen-bond acceptors (Lipinski definition) is 5. The summed E-state index contributed by atoms with van der Waals surface area (Å²) < 4.78 is 53.8. The van der Waals surface area contributed by atoms with Crippen molar-refractivity contribution in [3.05, 3.63) is 77.9 Å². The van der Waals surface area contributed by atoms with Crippen molar-refractivity contribution in [2.45, 2.75) is 28.5 Å². The van der Waals surface area contributed by atoms with E-state index in [1.807, 2.05) is 0 Å². The zero-order valence-corrected chi connectivity index (χ0v) is 16.8. The molecule has 0 bridgehead atoms. The van der Waals surface area contributed by atoms with Crippen molar-refractivity contribution in [2.75, 3.05) is 4.72 Å². The second-order valence-corrected chi connectivity index (χ2v) is 9.83. The smallest absolute Gasteiger partial charge is 0.261 e. The summed E-state index contributed by atoms with van der Waals surface area (Å²) in [6.45, 7) is 2.87. The van der Waals surface area contributed by atoms with Crippen molar-refractivity contribution in [3.8, 4) is 5.75 Å². The molecule has 8 heteroatoms. The van der Waals surface area contributed by atoms with Gasteiger partial charge < -0.3 is 5.11 Å². The molecule has 3 aromatic carbocycles. The van der Waals surface area contributed by atoms with E-state index in [0.29, 0.717) is 0 Å². The van der Waals surface area contributed by atoms with Crippen LogP contribution in [0.15, 0.2) is 81.4 Å². The fraction of sp³-hybridized carbons (Fsp3) is 0.100. The van der Waals surface area contributed by atoms with Gasteiger partial charge in [-0.2, -0.15) is 0 Å². The molecule has 0 saturated carbocycles. The molecule has 0 saturated heterocycles. The van der Waals surface area contributed by atoms with Crippen LogP contribution in [0, 0.1) is 13.8 Å². The maximum Gasteiger partial charge on any atom is 0.261 e. The summed E-state index contributed by atoms with van der Waals surface area (Å²) in [6, 6.07) is 16.6. The molecule has 3 rings (SSSR count). The molecule has 6 nitrogen and oxygen atoms in total. The summed E-state index contributed by atoms with van der Waals surface area (Å²) in [5.41, 5.74) is 0.236. The molecule has 0 heterocycles. The molecule has 1 N–H and O–H groups in total. The average Bonchev–Trinajstić information content (AvgIpc) is 2.67. The van der Waals surface area contributed by atoms with Crippen LogP contribution in [0.2, 0.25) is 0 Å². The number of aryl methyl sites for hydroxylation is 1. The van der Waals surface area contributed by atoms with Gasteiger partial charge in [-0.25, -0.2) is 16.8 Å². The largest absolute Gasteiger partial charge is 0.871 e. The molecule has 28 heavy (non-hydrogen) atoms. The Kier molecular flexibility index (Phi) is 5.18. The topological polar surface area (TPSA) is 103 Å². The number of anilines is 1. The Labute approximate surface area is 164 Å². The molecular formula is C20H18NO5S2-. The lowest BCUT2D eigenvalue weighted by molar-refractivity contribution is -0.273. The molecule has 146 valence electrons. The van der Waals surface area contributed by atoms with Crippen molar-refractivity contribution in [3.63, 3.8) is 0 Å². The molecule has 0 aliphatic carbocycles. The van der Waals surface area contributed by atoms with Crippen LogP contribution in [-0.4, -0.2) is 16.8 Å². The van der Waals surface area contributed by atoms with Crippen molar-refractivity contribution >= 4 is 25.5 Å². The molecule has 0 aromatic heterocycles. The summed E-state index contributed by atoms with van der Waals surface area (Å²) in [5, 5.41) is 12.6. The van der Waals surface area contributed by atoms with Gasteiger partial charge in [-0.15, -0.1) is 0 Å². The zero-order chi connectivity index (χ0) is 20.5. The molecule has 0 fully saturated rings. The lowest BCUT2D eigenvalue weighted by Gasteiger charge is -2.23. The molecule has 0 atom stereocenters. The minimum atomic E-state index is -4.11. The fourth-order valence-electron chi connectivity index (χ4n) is 2.81.